The largest absolute Gasteiger partial charge is 0.327 e. The first kappa shape index (κ1) is 13.0. The van der Waals surface area contributed by atoms with Gasteiger partial charge in [0.1, 0.15) is 5.82 Å². The number of ketones is 1. The molecule has 0 unspecified atom stereocenters. The summed E-state index contributed by atoms with van der Waals surface area (Å²) in [5.41, 5.74) is 0.716. The molecule has 0 N–H and O–H groups in total. The fraction of sp³-hybridized carbons (Fsp3) is 0.286. The summed E-state index contributed by atoms with van der Waals surface area (Å²) in [6, 6.07) is 7.50. The van der Waals surface area contributed by atoms with Crippen molar-refractivity contribution in [2.75, 3.05) is 0 Å². The molecule has 0 atom stereocenters. The highest BCUT2D eigenvalue weighted by Gasteiger charge is 2.11. The van der Waals surface area contributed by atoms with E-state index >= 15 is 0 Å². The van der Waals surface area contributed by atoms with Crippen LogP contribution in [0.15, 0.2) is 41.1 Å². The van der Waals surface area contributed by atoms with Gasteiger partial charge in [-0.2, -0.15) is 0 Å². The molecule has 0 spiro atoms. The van der Waals surface area contributed by atoms with E-state index < -0.39 is 0 Å². The third-order valence-electron chi connectivity index (χ3n) is 2.76. The number of imidazole rings is 1. The number of halogens is 1. The molecule has 0 fully saturated rings. The first-order valence-corrected chi connectivity index (χ1v) is 6.79. The standard InChI is InChI=1S/C14H15BrN2O/c1-2-5-14-16-8-9-17(14)10-13(18)11-6-3-4-7-12(11)15/h3-4,6-9H,2,5,10H2,1H3. The number of benzene rings is 1. The molecule has 0 saturated heterocycles. The maximum absolute atomic E-state index is 12.2. The van der Waals surface area contributed by atoms with Gasteiger partial charge in [-0.15, -0.1) is 0 Å². The molecule has 1 heterocycles. The zero-order valence-corrected chi connectivity index (χ0v) is 11.9. The molecular formula is C14H15BrN2O. The molecule has 1 aromatic heterocycles. The fourth-order valence-corrected chi connectivity index (χ4v) is 2.37. The van der Waals surface area contributed by atoms with Crippen molar-refractivity contribution in [2.45, 2.75) is 26.3 Å². The number of Topliss-reactive ketones (excluding diaryl/α,β-unsaturated/α-hetero) is 1. The summed E-state index contributed by atoms with van der Waals surface area (Å²) >= 11 is 3.40. The smallest absolute Gasteiger partial charge is 0.183 e. The van der Waals surface area contributed by atoms with Gasteiger partial charge in [-0.3, -0.25) is 4.79 Å². The van der Waals surface area contributed by atoms with Crippen LogP contribution in [0.25, 0.3) is 0 Å². The van der Waals surface area contributed by atoms with Gasteiger partial charge in [-0.25, -0.2) is 4.98 Å². The highest BCUT2D eigenvalue weighted by Crippen LogP contribution is 2.17. The Morgan fingerprint density at radius 3 is 2.89 bits per heavy atom. The number of nitrogens with zero attached hydrogens (tertiary/aromatic N) is 2. The van der Waals surface area contributed by atoms with Crippen molar-refractivity contribution >= 4 is 21.7 Å². The lowest BCUT2D eigenvalue weighted by Crippen LogP contribution is -2.13. The Hall–Kier alpha value is -1.42. The van der Waals surface area contributed by atoms with Gasteiger partial charge in [0, 0.05) is 28.9 Å². The zero-order chi connectivity index (χ0) is 13.0. The maximum atomic E-state index is 12.2. The number of hydrogen-bond acceptors (Lipinski definition) is 2. The minimum atomic E-state index is 0.0952. The van der Waals surface area contributed by atoms with Crippen LogP contribution >= 0.6 is 15.9 Å². The second-order valence-corrected chi connectivity index (χ2v) is 4.98. The van der Waals surface area contributed by atoms with E-state index in [4.69, 9.17) is 0 Å². The second kappa shape index (κ2) is 5.96. The number of aromatic nitrogens is 2. The van der Waals surface area contributed by atoms with Crippen LogP contribution in [0, 0.1) is 0 Å². The highest BCUT2D eigenvalue weighted by atomic mass is 79.9. The van der Waals surface area contributed by atoms with Crippen molar-refractivity contribution in [3.8, 4) is 0 Å². The first-order valence-electron chi connectivity index (χ1n) is 6.00. The van der Waals surface area contributed by atoms with Crippen LogP contribution in [0.1, 0.15) is 29.5 Å². The van der Waals surface area contributed by atoms with Crippen LogP contribution < -0.4 is 0 Å². The minimum absolute atomic E-state index is 0.0952. The van der Waals surface area contributed by atoms with Crippen molar-refractivity contribution < 1.29 is 4.79 Å². The van der Waals surface area contributed by atoms with Gasteiger partial charge < -0.3 is 4.57 Å². The predicted molar refractivity (Wildman–Crippen MR) is 74.7 cm³/mol. The Labute approximate surface area is 115 Å². The average molecular weight is 307 g/mol. The lowest BCUT2D eigenvalue weighted by atomic mass is 10.1. The van der Waals surface area contributed by atoms with Crippen LogP contribution in [0.5, 0.6) is 0 Å². The molecule has 4 heteroatoms. The molecule has 0 bridgehead atoms. The van der Waals surface area contributed by atoms with E-state index in [1.807, 2.05) is 35.0 Å². The van der Waals surface area contributed by atoms with Crippen LogP contribution in [0.4, 0.5) is 0 Å². The molecule has 18 heavy (non-hydrogen) atoms. The molecule has 0 aliphatic carbocycles. The van der Waals surface area contributed by atoms with Crippen molar-refractivity contribution in [3.05, 3.63) is 52.5 Å². The number of carbonyl (C=O) groups excluding carboxylic acids is 1. The predicted octanol–water partition coefficient (Wildman–Crippen LogP) is 3.48. The van der Waals surface area contributed by atoms with E-state index in [0.29, 0.717) is 12.1 Å². The lowest BCUT2D eigenvalue weighted by molar-refractivity contribution is 0.0970. The monoisotopic (exact) mass is 306 g/mol. The van der Waals surface area contributed by atoms with Crippen LogP contribution in [0.3, 0.4) is 0 Å². The van der Waals surface area contributed by atoms with Crippen molar-refractivity contribution in [2.24, 2.45) is 0 Å². The van der Waals surface area contributed by atoms with Gasteiger partial charge in [-0.1, -0.05) is 41.1 Å². The highest BCUT2D eigenvalue weighted by molar-refractivity contribution is 9.10. The van der Waals surface area contributed by atoms with Gasteiger partial charge in [0.15, 0.2) is 5.78 Å². The normalized spacial score (nSPS) is 10.6. The molecule has 1 aromatic carbocycles. The van der Waals surface area contributed by atoms with Crippen molar-refractivity contribution in [3.63, 3.8) is 0 Å². The third kappa shape index (κ3) is 2.88. The summed E-state index contributed by atoms with van der Waals surface area (Å²) in [5.74, 6) is 1.07. The van der Waals surface area contributed by atoms with Crippen LogP contribution in [-0.4, -0.2) is 15.3 Å². The van der Waals surface area contributed by atoms with Crippen molar-refractivity contribution in [1.82, 2.24) is 9.55 Å². The quantitative estimate of drug-likeness (QED) is 0.793. The van der Waals surface area contributed by atoms with E-state index in [2.05, 4.69) is 27.8 Å². The second-order valence-electron chi connectivity index (χ2n) is 4.12. The minimum Gasteiger partial charge on any atom is -0.327 e. The summed E-state index contributed by atoms with van der Waals surface area (Å²) in [6.45, 7) is 2.45. The number of aryl methyl sites for hydroxylation is 1. The Morgan fingerprint density at radius 1 is 1.39 bits per heavy atom. The molecule has 2 rings (SSSR count). The first-order chi connectivity index (χ1) is 8.72. The Balaban J connectivity index is 2.17. The van der Waals surface area contributed by atoms with E-state index in [-0.39, 0.29) is 5.78 Å². The Bertz CT molecular complexity index is 548. The van der Waals surface area contributed by atoms with Crippen LogP contribution in [-0.2, 0) is 13.0 Å². The molecule has 0 aliphatic rings. The fourth-order valence-electron chi connectivity index (χ4n) is 1.86. The molecule has 0 amide bonds. The molecule has 3 nitrogen and oxygen atoms in total. The number of rotatable bonds is 5. The SMILES string of the molecule is CCCc1nccn1CC(=O)c1ccccc1Br. The van der Waals surface area contributed by atoms with E-state index in [0.717, 1.165) is 23.1 Å². The topological polar surface area (TPSA) is 34.9 Å². The summed E-state index contributed by atoms with van der Waals surface area (Å²) in [7, 11) is 0. The average Bonchev–Trinajstić information content (AvgIpc) is 2.78. The van der Waals surface area contributed by atoms with Crippen molar-refractivity contribution in [1.29, 1.82) is 0 Å². The maximum Gasteiger partial charge on any atom is 0.183 e. The van der Waals surface area contributed by atoms with E-state index in [1.165, 1.54) is 0 Å². The molecule has 0 aliphatic heterocycles. The van der Waals surface area contributed by atoms with Gasteiger partial charge in [0.2, 0.25) is 0 Å². The van der Waals surface area contributed by atoms with Gasteiger partial charge >= 0.3 is 0 Å². The van der Waals surface area contributed by atoms with Gasteiger partial charge in [0.25, 0.3) is 0 Å². The number of carbonyl (C=O) groups is 1. The Kier molecular flexibility index (Phi) is 4.31. The lowest BCUT2D eigenvalue weighted by Gasteiger charge is -2.07. The molecular weight excluding hydrogens is 292 g/mol. The summed E-state index contributed by atoms with van der Waals surface area (Å²) in [4.78, 5) is 16.5. The van der Waals surface area contributed by atoms with Crippen LogP contribution in [0.2, 0.25) is 0 Å². The zero-order valence-electron chi connectivity index (χ0n) is 10.3. The van der Waals surface area contributed by atoms with Gasteiger partial charge in [0.05, 0.1) is 6.54 Å². The summed E-state index contributed by atoms with van der Waals surface area (Å²) < 4.78 is 2.76. The van der Waals surface area contributed by atoms with E-state index in [1.54, 1.807) is 6.20 Å². The summed E-state index contributed by atoms with van der Waals surface area (Å²) in [6.07, 6.45) is 5.54. The molecule has 0 radical (unpaired) electrons. The summed E-state index contributed by atoms with van der Waals surface area (Å²) in [5, 5.41) is 0. The Morgan fingerprint density at radius 2 is 2.17 bits per heavy atom. The molecule has 2 aromatic rings. The molecule has 0 saturated carbocycles. The van der Waals surface area contributed by atoms with E-state index in [9.17, 15) is 4.79 Å². The number of hydrogen-bond donors (Lipinski definition) is 0. The third-order valence-corrected chi connectivity index (χ3v) is 3.46. The molecule has 94 valence electrons. The van der Waals surface area contributed by atoms with Gasteiger partial charge in [-0.05, 0) is 12.5 Å².